The summed E-state index contributed by atoms with van der Waals surface area (Å²) in [6, 6.07) is 7.60. The molecule has 2 aromatic carbocycles. The van der Waals surface area contributed by atoms with Gasteiger partial charge in [-0.15, -0.1) is 0 Å². The minimum atomic E-state index is -2.87. The molecule has 2 atom stereocenters. The Hall–Kier alpha value is -3.07. The van der Waals surface area contributed by atoms with Gasteiger partial charge in [0.25, 0.3) is 6.43 Å². The second-order valence-electron chi connectivity index (χ2n) is 7.84. The van der Waals surface area contributed by atoms with Crippen LogP contribution >= 0.6 is 0 Å². The maximum Gasteiger partial charge on any atom is 0.266 e. The molecule has 0 saturated carbocycles. The van der Waals surface area contributed by atoms with E-state index in [2.05, 4.69) is 25.5 Å². The lowest BCUT2D eigenvalue weighted by Gasteiger charge is -2.42. The van der Waals surface area contributed by atoms with Gasteiger partial charge in [-0.05, 0) is 13.0 Å². The number of nitrogens with zero attached hydrogens (tertiary/aromatic N) is 3. The van der Waals surface area contributed by atoms with Gasteiger partial charge in [0.15, 0.2) is 0 Å². The van der Waals surface area contributed by atoms with Crippen molar-refractivity contribution in [1.29, 1.82) is 0 Å². The lowest BCUT2D eigenvalue weighted by Crippen LogP contribution is -2.55. The van der Waals surface area contributed by atoms with Gasteiger partial charge < -0.3 is 20.3 Å². The van der Waals surface area contributed by atoms with E-state index in [0.717, 1.165) is 42.5 Å². The number of rotatable bonds is 4. The van der Waals surface area contributed by atoms with Gasteiger partial charge in [0.1, 0.15) is 30.3 Å². The summed E-state index contributed by atoms with van der Waals surface area (Å²) in [4.78, 5) is 11.0. The zero-order chi connectivity index (χ0) is 21.5. The molecule has 0 radical (unpaired) electrons. The molecule has 2 aliphatic heterocycles. The van der Waals surface area contributed by atoms with Crippen molar-refractivity contribution in [2.75, 3.05) is 36.5 Å². The number of benzene rings is 2. The van der Waals surface area contributed by atoms with E-state index in [1.54, 1.807) is 6.92 Å². The molecule has 1 fully saturated rings. The summed E-state index contributed by atoms with van der Waals surface area (Å²) in [6.45, 7) is 4.94. The normalized spacial score (nSPS) is 19.0. The fourth-order valence-electron chi connectivity index (χ4n) is 4.29. The van der Waals surface area contributed by atoms with E-state index in [1.807, 2.05) is 12.1 Å². The van der Waals surface area contributed by atoms with Gasteiger partial charge >= 0.3 is 0 Å². The highest BCUT2D eigenvalue weighted by atomic mass is 19.3. The van der Waals surface area contributed by atoms with Crippen LogP contribution in [0.1, 0.15) is 30.5 Å². The number of alkyl halides is 2. The molecule has 3 aromatic rings. The first kappa shape index (κ1) is 19.9. The van der Waals surface area contributed by atoms with Crippen molar-refractivity contribution in [2.24, 2.45) is 0 Å². The molecule has 0 amide bonds. The first-order chi connectivity index (χ1) is 15.0. The molecule has 31 heavy (non-hydrogen) atoms. The summed E-state index contributed by atoms with van der Waals surface area (Å²) in [7, 11) is 0. The maximum absolute atomic E-state index is 14.6. The van der Waals surface area contributed by atoms with E-state index in [0.29, 0.717) is 17.9 Å². The van der Waals surface area contributed by atoms with Gasteiger partial charge in [-0.3, -0.25) is 0 Å². The molecular formula is C22H22F3N5O. The molecule has 6 nitrogen and oxygen atoms in total. The van der Waals surface area contributed by atoms with E-state index in [-0.39, 0.29) is 11.6 Å². The number of nitrogens with one attached hydrogen (secondary N) is 2. The monoisotopic (exact) mass is 429 g/mol. The standard InChI is InChI=1S/C22H22F3N5O/c1-12(14-3-2-4-15(20(14)23)21(24)25)29-22-16-7-18-19(8-17(16)27-11-28-22)31-10-13-9-26-5-6-30(13)18/h2-4,7-8,11-13,21,26H,5-6,9-10H2,1H3,(H,27,28,29)/t12-,13-/m1/s1. The smallest absolute Gasteiger partial charge is 0.266 e. The van der Waals surface area contributed by atoms with Crippen LogP contribution in [0.25, 0.3) is 10.9 Å². The summed E-state index contributed by atoms with van der Waals surface area (Å²) in [6.07, 6.45) is -1.45. The molecule has 0 spiro atoms. The number of piperazine rings is 1. The largest absolute Gasteiger partial charge is 0.489 e. The highest BCUT2D eigenvalue weighted by Crippen LogP contribution is 2.39. The molecule has 162 valence electrons. The van der Waals surface area contributed by atoms with Gasteiger partial charge in [-0.25, -0.2) is 23.1 Å². The van der Waals surface area contributed by atoms with Crippen LogP contribution in [0.4, 0.5) is 24.7 Å². The molecule has 1 saturated heterocycles. The average Bonchev–Trinajstić information content (AvgIpc) is 2.78. The van der Waals surface area contributed by atoms with Crippen LogP contribution in [-0.2, 0) is 0 Å². The number of fused-ring (bicyclic) bond motifs is 4. The SMILES string of the molecule is C[C@@H](Nc1ncnc2cc3c(cc12)N1CCNC[C@@H]1CO3)c1cccc(C(F)F)c1F. The van der Waals surface area contributed by atoms with Crippen molar-refractivity contribution >= 4 is 22.4 Å². The Morgan fingerprint density at radius 1 is 1.23 bits per heavy atom. The third-order valence-electron chi connectivity index (χ3n) is 5.92. The average molecular weight is 429 g/mol. The molecular weight excluding hydrogens is 407 g/mol. The lowest BCUT2D eigenvalue weighted by atomic mass is 10.0. The van der Waals surface area contributed by atoms with Crippen molar-refractivity contribution in [3.63, 3.8) is 0 Å². The Balaban J connectivity index is 1.52. The molecule has 0 aliphatic carbocycles. The van der Waals surface area contributed by atoms with Gasteiger partial charge in [0, 0.05) is 36.7 Å². The van der Waals surface area contributed by atoms with Gasteiger partial charge in [-0.1, -0.05) is 18.2 Å². The molecule has 9 heteroatoms. The predicted octanol–water partition coefficient (Wildman–Crippen LogP) is 4.05. The van der Waals surface area contributed by atoms with Crippen LogP contribution < -0.4 is 20.3 Å². The van der Waals surface area contributed by atoms with E-state index in [4.69, 9.17) is 4.74 Å². The zero-order valence-electron chi connectivity index (χ0n) is 16.9. The highest BCUT2D eigenvalue weighted by molar-refractivity contribution is 5.94. The van der Waals surface area contributed by atoms with E-state index < -0.39 is 23.8 Å². The number of hydrogen-bond donors (Lipinski definition) is 2. The van der Waals surface area contributed by atoms with Crippen molar-refractivity contribution in [3.8, 4) is 5.75 Å². The van der Waals surface area contributed by atoms with Crippen LogP contribution in [0, 0.1) is 5.82 Å². The second kappa shape index (κ2) is 7.88. The summed E-state index contributed by atoms with van der Waals surface area (Å²) >= 11 is 0. The zero-order valence-corrected chi connectivity index (χ0v) is 16.9. The molecule has 0 bridgehead atoms. The summed E-state index contributed by atoms with van der Waals surface area (Å²) in [5.74, 6) is 0.392. The minimum Gasteiger partial charge on any atom is -0.489 e. The lowest BCUT2D eigenvalue weighted by molar-refractivity contribution is 0.146. The van der Waals surface area contributed by atoms with Crippen LogP contribution in [0.5, 0.6) is 5.75 Å². The van der Waals surface area contributed by atoms with Crippen molar-refractivity contribution < 1.29 is 17.9 Å². The van der Waals surface area contributed by atoms with E-state index in [9.17, 15) is 13.2 Å². The Labute approximate surface area is 177 Å². The summed E-state index contributed by atoms with van der Waals surface area (Å²) in [5, 5.41) is 7.32. The summed E-state index contributed by atoms with van der Waals surface area (Å²) in [5.41, 5.74) is 1.23. The van der Waals surface area contributed by atoms with E-state index in [1.165, 1.54) is 18.5 Å². The van der Waals surface area contributed by atoms with Crippen molar-refractivity contribution in [2.45, 2.75) is 25.4 Å². The Morgan fingerprint density at radius 3 is 2.90 bits per heavy atom. The first-order valence-corrected chi connectivity index (χ1v) is 10.2. The van der Waals surface area contributed by atoms with Crippen LogP contribution in [-0.4, -0.2) is 42.3 Å². The fourth-order valence-corrected chi connectivity index (χ4v) is 4.29. The predicted molar refractivity (Wildman–Crippen MR) is 112 cm³/mol. The van der Waals surface area contributed by atoms with E-state index >= 15 is 0 Å². The van der Waals surface area contributed by atoms with Crippen molar-refractivity contribution in [1.82, 2.24) is 15.3 Å². The Kier molecular flexibility index (Phi) is 5.05. The molecule has 2 N–H and O–H groups in total. The summed E-state index contributed by atoms with van der Waals surface area (Å²) < 4.78 is 46.8. The van der Waals surface area contributed by atoms with Gasteiger partial charge in [0.2, 0.25) is 0 Å². The van der Waals surface area contributed by atoms with Crippen molar-refractivity contribution in [3.05, 3.63) is 53.6 Å². The fraction of sp³-hybridized carbons (Fsp3) is 0.364. The van der Waals surface area contributed by atoms with Gasteiger partial charge in [0.05, 0.1) is 28.9 Å². The van der Waals surface area contributed by atoms with Crippen LogP contribution in [0.3, 0.4) is 0 Å². The topological polar surface area (TPSA) is 62.3 Å². The second-order valence-corrected chi connectivity index (χ2v) is 7.84. The molecule has 5 rings (SSSR count). The number of ether oxygens (including phenoxy) is 1. The molecule has 2 aliphatic rings. The highest BCUT2D eigenvalue weighted by Gasteiger charge is 2.30. The number of aromatic nitrogens is 2. The number of hydrogen-bond acceptors (Lipinski definition) is 6. The first-order valence-electron chi connectivity index (χ1n) is 10.2. The molecule has 0 unspecified atom stereocenters. The molecule has 1 aromatic heterocycles. The van der Waals surface area contributed by atoms with Gasteiger partial charge in [-0.2, -0.15) is 0 Å². The molecule has 3 heterocycles. The Bertz CT molecular complexity index is 1130. The Morgan fingerprint density at radius 2 is 2.06 bits per heavy atom. The quantitative estimate of drug-likeness (QED) is 0.653. The number of anilines is 2. The van der Waals surface area contributed by atoms with Crippen LogP contribution in [0.15, 0.2) is 36.7 Å². The minimum absolute atomic E-state index is 0.160. The maximum atomic E-state index is 14.6. The number of halogens is 3. The third-order valence-corrected chi connectivity index (χ3v) is 5.92. The third kappa shape index (κ3) is 3.52. The van der Waals surface area contributed by atoms with Crippen LogP contribution in [0.2, 0.25) is 0 Å².